The molecule has 5 aliphatic rings. The molecule has 5 atom stereocenters. The van der Waals surface area contributed by atoms with Crippen LogP contribution in [0.15, 0.2) is 30.4 Å². The number of rotatable bonds is 5. The summed E-state index contributed by atoms with van der Waals surface area (Å²) in [7, 11) is -3.94. The number of carbonyl (C=O) groups is 5. The summed E-state index contributed by atoms with van der Waals surface area (Å²) in [5.41, 5.74) is -1.46. The Balaban J connectivity index is 1.25. The number of hydrogen-bond acceptors (Lipinski definition) is 10. The van der Waals surface area contributed by atoms with Crippen molar-refractivity contribution in [2.75, 3.05) is 19.8 Å². The fraction of sp³-hybridized carbons (Fsp3) is 0.618. The van der Waals surface area contributed by atoms with Gasteiger partial charge in [-0.25, -0.2) is 22.4 Å². The van der Waals surface area contributed by atoms with E-state index < -0.39 is 86.2 Å². The van der Waals surface area contributed by atoms with E-state index >= 15 is 0 Å². The highest BCUT2D eigenvalue weighted by Gasteiger charge is 2.62. The van der Waals surface area contributed by atoms with Gasteiger partial charge in [0.25, 0.3) is 5.91 Å². The van der Waals surface area contributed by atoms with E-state index in [4.69, 9.17) is 14.2 Å². The first-order valence-corrected chi connectivity index (χ1v) is 18.8. The van der Waals surface area contributed by atoms with Crippen LogP contribution in [-0.4, -0.2) is 102 Å². The van der Waals surface area contributed by atoms with Gasteiger partial charge in [0, 0.05) is 31.1 Å². The van der Waals surface area contributed by atoms with Gasteiger partial charge < -0.3 is 29.7 Å². The van der Waals surface area contributed by atoms with Crippen molar-refractivity contribution in [1.29, 1.82) is 0 Å². The normalized spacial score (nSPS) is 28.3. The van der Waals surface area contributed by atoms with Crippen molar-refractivity contribution >= 4 is 39.9 Å². The van der Waals surface area contributed by atoms with E-state index in [1.165, 1.54) is 11.0 Å². The van der Waals surface area contributed by atoms with Crippen LogP contribution in [0.3, 0.4) is 0 Å². The molecule has 3 fully saturated rings. The lowest BCUT2D eigenvalue weighted by Gasteiger charge is -2.30. The summed E-state index contributed by atoms with van der Waals surface area (Å²) in [6.45, 7) is 4.81. The number of sulfonamides is 1. The van der Waals surface area contributed by atoms with Gasteiger partial charge >= 0.3 is 12.2 Å². The minimum atomic E-state index is -3.94. The van der Waals surface area contributed by atoms with Crippen LogP contribution in [0.2, 0.25) is 0 Å². The van der Waals surface area contributed by atoms with Gasteiger partial charge in [-0.3, -0.25) is 24.0 Å². The van der Waals surface area contributed by atoms with Crippen LogP contribution in [0, 0.1) is 11.7 Å². The molecule has 0 aromatic heterocycles. The number of ether oxygens (including phenoxy) is 3. The first-order chi connectivity index (χ1) is 24.1. The van der Waals surface area contributed by atoms with Crippen molar-refractivity contribution in [2.24, 2.45) is 5.92 Å². The number of alkyl carbamates (subject to hydrolysis) is 1. The van der Waals surface area contributed by atoms with Crippen molar-refractivity contribution in [3.8, 4) is 0 Å². The maximum Gasteiger partial charge on any atom is 0.410 e. The number of allylic oxidation sites excluding steroid dienone is 1. The van der Waals surface area contributed by atoms with Gasteiger partial charge in [0.05, 0.1) is 24.9 Å². The number of carbonyl (C=O) groups excluding carboxylic acids is 5. The topological polar surface area (TPSA) is 190 Å². The van der Waals surface area contributed by atoms with Crippen LogP contribution in [0.25, 0.3) is 0 Å². The summed E-state index contributed by atoms with van der Waals surface area (Å²) in [5, 5.41) is 4.62. The summed E-state index contributed by atoms with van der Waals surface area (Å²) < 4.78 is 58.9. The zero-order valence-corrected chi connectivity index (χ0v) is 29.6. The second-order valence-corrected chi connectivity index (χ2v) is 16.7. The summed E-state index contributed by atoms with van der Waals surface area (Å²) in [5.74, 6) is -3.31. The molecule has 1 saturated heterocycles. The molecule has 3 N–H and O–H groups in total. The van der Waals surface area contributed by atoms with Crippen LogP contribution >= 0.6 is 0 Å². The molecule has 6 rings (SSSR count). The highest BCUT2D eigenvalue weighted by molar-refractivity contribution is 7.91. The number of halogens is 1. The zero-order valence-electron chi connectivity index (χ0n) is 28.8. The van der Waals surface area contributed by atoms with Gasteiger partial charge in [-0.05, 0) is 64.5 Å². The lowest BCUT2D eigenvalue weighted by atomic mass is 10.1. The molecular weight excluding hydrogens is 689 g/mol. The average Bonchev–Trinajstić information content (AvgIpc) is 3.93. The molecule has 0 spiro atoms. The molecule has 51 heavy (non-hydrogen) atoms. The number of hydrogen-bond donors (Lipinski definition) is 3. The Hall–Kier alpha value is -4.25. The first kappa shape index (κ1) is 36.5. The largest absolute Gasteiger partial charge is 0.444 e. The standard InChI is InChI=1S/C34H44FN5O10S/c1-33(2,3)50-31(44)36-26-19-48-13-6-4-5-9-21-15-34(21,30(43)38-51(46,47)23-11-12-23)37-28(41)27-14-22(17-40(27)29(26)42)49-32(45)39-16-20-8-7-10-25(35)24(20)18-39/h5,7-10,21-23,26-27H,4,6,11-19H2,1-3H3,(H,36,44)(H,37,41)(H,38,43)/t21-,22-,26-,27+,34-/m1/s1. The van der Waals surface area contributed by atoms with Gasteiger partial charge in [0.15, 0.2) is 0 Å². The smallest absolute Gasteiger partial charge is 0.410 e. The minimum absolute atomic E-state index is 0.0182. The second-order valence-electron chi connectivity index (χ2n) is 14.8. The Labute approximate surface area is 295 Å². The number of benzene rings is 1. The van der Waals surface area contributed by atoms with E-state index in [1.54, 1.807) is 39.0 Å². The molecule has 3 heterocycles. The third-order valence-electron chi connectivity index (χ3n) is 9.57. The van der Waals surface area contributed by atoms with Gasteiger partial charge in [-0.15, -0.1) is 0 Å². The molecule has 15 nitrogen and oxygen atoms in total. The third kappa shape index (κ3) is 8.29. The Morgan fingerprint density at radius 1 is 1.14 bits per heavy atom. The van der Waals surface area contributed by atoms with Gasteiger partial charge in [-0.2, -0.15) is 0 Å². The fourth-order valence-electron chi connectivity index (χ4n) is 6.66. The second kappa shape index (κ2) is 14.1. The summed E-state index contributed by atoms with van der Waals surface area (Å²) in [6, 6.07) is 1.99. The molecule has 1 aromatic rings. The maximum absolute atomic E-state index is 14.4. The van der Waals surface area contributed by atoms with E-state index in [1.807, 2.05) is 6.08 Å². The number of nitrogens with one attached hydrogen (secondary N) is 3. The summed E-state index contributed by atoms with van der Waals surface area (Å²) in [4.78, 5) is 70.5. The average molecular weight is 734 g/mol. The minimum Gasteiger partial charge on any atom is -0.444 e. The van der Waals surface area contributed by atoms with E-state index in [0.29, 0.717) is 36.8 Å². The van der Waals surface area contributed by atoms with Crippen molar-refractivity contribution in [3.63, 3.8) is 0 Å². The zero-order chi connectivity index (χ0) is 36.7. The van der Waals surface area contributed by atoms with Gasteiger partial charge in [0.1, 0.15) is 35.1 Å². The fourth-order valence-corrected chi connectivity index (χ4v) is 8.02. The van der Waals surface area contributed by atoms with E-state index in [9.17, 15) is 36.8 Å². The third-order valence-corrected chi connectivity index (χ3v) is 11.4. The van der Waals surface area contributed by atoms with Crippen LogP contribution < -0.4 is 15.4 Å². The molecule has 17 heteroatoms. The van der Waals surface area contributed by atoms with Crippen LogP contribution in [0.4, 0.5) is 14.0 Å². The molecule has 2 aliphatic carbocycles. The van der Waals surface area contributed by atoms with Crippen LogP contribution in [0.5, 0.6) is 0 Å². The first-order valence-electron chi connectivity index (χ1n) is 17.2. The Morgan fingerprint density at radius 2 is 1.90 bits per heavy atom. The van der Waals surface area contributed by atoms with Crippen molar-refractivity contribution in [3.05, 3.63) is 47.3 Å². The van der Waals surface area contributed by atoms with Gasteiger partial charge in [0.2, 0.25) is 21.8 Å². The number of fused-ring (bicyclic) bond motifs is 3. The van der Waals surface area contributed by atoms with E-state index in [-0.39, 0.29) is 45.7 Å². The lowest BCUT2D eigenvalue weighted by molar-refractivity contribution is -0.142. The Morgan fingerprint density at radius 3 is 2.61 bits per heavy atom. The monoisotopic (exact) mass is 733 g/mol. The predicted octanol–water partition coefficient (Wildman–Crippen LogP) is 1.99. The SMILES string of the molecule is CC(C)(C)OC(=O)N[C@@H]1COCCCC=C[C@@H]2C[C@@]2(C(=O)NS(=O)(=O)C2CC2)NC(=O)[C@@H]2C[C@@H](OC(=O)N3Cc4cccc(F)c4C3)CN2C1=O. The van der Waals surface area contributed by atoms with Crippen molar-refractivity contribution in [1.82, 2.24) is 25.2 Å². The maximum atomic E-state index is 14.4. The highest BCUT2D eigenvalue weighted by Crippen LogP contribution is 2.46. The Bertz CT molecular complexity index is 1730. The summed E-state index contributed by atoms with van der Waals surface area (Å²) in [6.07, 6.45) is 2.83. The Kier molecular flexibility index (Phi) is 10.1. The number of amides is 5. The molecule has 0 radical (unpaired) electrons. The van der Waals surface area contributed by atoms with Gasteiger partial charge in [-0.1, -0.05) is 24.3 Å². The quantitative estimate of drug-likeness (QED) is 0.378. The van der Waals surface area contributed by atoms with Crippen LogP contribution in [-0.2, 0) is 51.7 Å². The van der Waals surface area contributed by atoms with Crippen molar-refractivity contribution in [2.45, 2.75) is 107 Å². The predicted molar refractivity (Wildman–Crippen MR) is 177 cm³/mol. The lowest BCUT2D eigenvalue weighted by Crippen LogP contribution is -2.59. The molecule has 0 unspecified atom stereocenters. The molecule has 5 amide bonds. The van der Waals surface area contributed by atoms with Crippen LogP contribution in [0.1, 0.15) is 70.4 Å². The summed E-state index contributed by atoms with van der Waals surface area (Å²) >= 11 is 0. The van der Waals surface area contributed by atoms with E-state index in [0.717, 1.165) is 4.90 Å². The molecular formula is C34H44FN5O10S. The van der Waals surface area contributed by atoms with Crippen molar-refractivity contribution < 1.29 is 51.0 Å². The molecule has 3 aliphatic heterocycles. The molecule has 278 valence electrons. The molecule has 2 saturated carbocycles. The number of nitrogens with zero attached hydrogens (tertiary/aromatic N) is 2. The highest BCUT2D eigenvalue weighted by atomic mass is 32.2. The molecule has 0 bridgehead atoms. The molecule has 1 aromatic carbocycles. The van der Waals surface area contributed by atoms with E-state index in [2.05, 4.69) is 15.4 Å².